The van der Waals surface area contributed by atoms with Crippen molar-refractivity contribution in [1.82, 2.24) is 4.98 Å². The highest BCUT2D eigenvalue weighted by molar-refractivity contribution is 5.37. The first-order valence-electron chi connectivity index (χ1n) is 5.79. The van der Waals surface area contributed by atoms with Gasteiger partial charge in [-0.2, -0.15) is 0 Å². The second-order valence-corrected chi connectivity index (χ2v) is 5.62. The lowest BCUT2D eigenvalue weighted by molar-refractivity contribution is 0.344. The monoisotopic (exact) mass is 221 g/mol. The van der Waals surface area contributed by atoms with E-state index in [9.17, 15) is 0 Å². The SMILES string of the molecule is Cc1ccnc(NCC(N)CC(C)(C)C)c1. The number of aromatic nitrogens is 1. The number of nitrogens with one attached hydrogen (secondary N) is 1. The van der Waals surface area contributed by atoms with Crippen LogP contribution in [0.3, 0.4) is 0 Å². The summed E-state index contributed by atoms with van der Waals surface area (Å²) in [6, 6.07) is 4.19. The molecule has 1 atom stereocenters. The topological polar surface area (TPSA) is 50.9 Å². The quantitative estimate of drug-likeness (QED) is 0.821. The largest absolute Gasteiger partial charge is 0.369 e. The lowest BCUT2D eigenvalue weighted by atomic mass is 9.88. The van der Waals surface area contributed by atoms with Crippen molar-refractivity contribution >= 4 is 5.82 Å². The summed E-state index contributed by atoms with van der Waals surface area (Å²) in [5, 5.41) is 3.27. The number of aryl methyl sites for hydroxylation is 1. The predicted octanol–water partition coefficient (Wildman–Crippen LogP) is 2.57. The lowest BCUT2D eigenvalue weighted by Crippen LogP contribution is -2.33. The fourth-order valence-electron chi connectivity index (χ4n) is 1.73. The molecule has 0 fully saturated rings. The summed E-state index contributed by atoms with van der Waals surface area (Å²) in [5.74, 6) is 0.907. The van der Waals surface area contributed by atoms with Gasteiger partial charge in [-0.1, -0.05) is 20.8 Å². The van der Waals surface area contributed by atoms with Gasteiger partial charge >= 0.3 is 0 Å². The number of hydrogen-bond acceptors (Lipinski definition) is 3. The molecule has 1 rings (SSSR count). The molecular formula is C13H23N3. The summed E-state index contributed by atoms with van der Waals surface area (Å²) in [6.45, 7) is 9.45. The predicted molar refractivity (Wildman–Crippen MR) is 69.5 cm³/mol. The van der Waals surface area contributed by atoms with Crippen LogP contribution in [0.5, 0.6) is 0 Å². The Morgan fingerprint density at radius 1 is 1.44 bits per heavy atom. The molecular weight excluding hydrogens is 198 g/mol. The summed E-state index contributed by atoms with van der Waals surface area (Å²) >= 11 is 0. The van der Waals surface area contributed by atoms with Crippen molar-refractivity contribution in [3.63, 3.8) is 0 Å². The van der Waals surface area contributed by atoms with Crippen LogP contribution in [0.4, 0.5) is 5.82 Å². The van der Waals surface area contributed by atoms with Crippen LogP contribution >= 0.6 is 0 Å². The van der Waals surface area contributed by atoms with Crippen LogP contribution in [0.1, 0.15) is 32.8 Å². The van der Waals surface area contributed by atoms with Crippen molar-refractivity contribution in [2.45, 2.75) is 40.2 Å². The van der Waals surface area contributed by atoms with E-state index < -0.39 is 0 Å². The average Bonchev–Trinajstić information content (AvgIpc) is 2.12. The van der Waals surface area contributed by atoms with Gasteiger partial charge in [0.2, 0.25) is 0 Å². The van der Waals surface area contributed by atoms with Gasteiger partial charge in [0, 0.05) is 18.8 Å². The number of hydrogen-bond donors (Lipinski definition) is 2. The molecule has 0 bridgehead atoms. The molecule has 0 aromatic carbocycles. The molecule has 0 aliphatic carbocycles. The van der Waals surface area contributed by atoms with Gasteiger partial charge in [-0.25, -0.2) is 4.98 Å². The molecule has 0 radical (unpaired) electrons. The maximum absolute atomic E-state index is 6.06. The zero-order valence-corrected chi connectivity index (χ0v) is 10.7. The highest BCUT2D eigenvalue weighted by Crippen LogP contribution is 2.19. The molecule has 0 saturated heterocycles. The maximum atomic E-state index is 6.06. The van der Waals surface area contributed by atoms with E-state index in [0.29, 0.717) is 0 Å². The number of pyridine rings is 1. The Kier molecular flexibility index (Phi) is 4.30. The maximum Gasteiger partial charge on any atom is 0.126 e. The second kappa shape index (κ2) is 5.30. The molecule has 0 aliphatic heterocycles. The summed E-state index contributed by atoms with van der Waals surface area (Å²) in [4.78, 5) is 4.24. The van der Waals surface area contributed by atoms with Crippen molar-refractivity contribution < 1.29 is 0 Å². The highest BCUT2D eigenvalue weighted by atomic mass is 15.0. The highest BCUT2D eigenvalue weighted by Gasteiger charge is 2.15. The lowest BCUT2D eigenvalue weighted by Gasteiger charge is -2.23. The number of anilines is 1. The van der Waals surface area contributed by atoms with Crippen molar-refractivity contribution in [3.05, 3.63) is 23.9 Å². The van der Waals surface area contributed by atoms with Gasteiger partial charge in [0.15, 0.2) is 0 Å². The van der Waals surface area contributed by atoms with Crippen molar-refractivity contribution in [2.24, 2.45) is 11.1 Å². The Balaban J connectivity index is 2.40. The first kappa shape index (κ1) is 13.0. The van der Waals surface area contributed by atoms with Gasteiger partial charge in [-0.05, 0) is 36.5 Å². The Bertz CT molecular complexity index is 328. The first-order valence-corrected chi connectivity index (χ1v) is 5.79. The van der Waals surface area contributed by atoms with Crippen LogP contribution in [-0.2, 0) is 0 Å². The third-order valence-electron chi connectivity index (χ3n) is 2.34. The minimum Gasteiger partial charge on any atom is -0.369 e. The zero-order valence-electron chi connectivity index (χ0n) is 10.7. The van der Waals surface area contributed by atoms with E-state index in [1.165, 1.54) is 5.56 Å². The summed E-state index contributed by atoms with van der Waals surface area (Å²) in [7, 11) is 0. The molecule has 0 spiro atoms. The average molecular weight is 221 g/mol. The Morgan fingerprint density at radius 2 is 2.12 bits per heavy atom. The molecule has 1 aromatic rings. The van der Waals surface area contributed by atoms with E-state index in [2.05, 4.69) is 38.0 Å². The normalized spacial score (nSPS) is 13.6. The van der Waals surface area contributed by atoms with Gasteiger partial charge in [0.05, 0.1) is 0 Å². The minimum absolute atomic E-state index is 0.169. The van der Waals surface area contributed by atoms with Crippen LogP contribution in [-0.4, -0.2) is 17.6 Å². The van der Waals surface area contributed by atoms with Crippen LogP contribution in [0.25, 0.3) is 0 Å². The van der Waals surface area contributed by atoms with Crippen LogP contribution in [0.2, 0.25) is 0 Å². The number of rotatable bonds is 4. The smallest absolute Gasteiger partial charge is 0.126 e. The molecule has 16 heavy (non-hydrogen) atoms. The van der Waals surface area contributed by atoms with E-state index in [-0.39, 0.29) is 11.5 Å². The van der Waals surface area contributed by atoms with Crippen molar-refractivity contribution in [2.75, 3.05) is 11.9 Å². The van der Waals surface area contributed by atoms with Crippen LogP contribution in [0, 0.1) is 12.3 Å². The second-order valence-electron chi connectivity index (χ2n) is 5.62. The molecule has 1 aromatic heterocycles. The summed E-state index contributed by atoms with van der Waals surface area (Å²) in [5.41, 5.74) is 7.54. The molecule has 3 heteroatoms. The molecule has 1 unspecified atom stereocenters. The molecule has 3 nitrogen and oxygen atoms in total. The van der Waals surface area contributed by atoms with Gasteiger partial charge in [-0.15, -0.1) is 0 Å². The third kappa shape index (κ3) is 5.12. The van der Waals surface area contributed by atoms with Crippen molar-refractivity contribution in [3.8, 4) is 0 Å². The summed E-state index contributed by atoms with van der Waals surface area (Å²) < 4.78 is 0. The third-order valence-corrected chi connectivity index (χ3v) is 2.34. The Morgan fingerprint density at radius 3 is 2.69 bits per heavy atom. The number of nitrogens with two attached hydrogens (primary N) is 1. The van der Waals surface area contributed by atoms with E-state index in [1.54, 1.807) is 0 Å². The molecule has 1 heterocycles. The summed E-state index contributed by atoms with van der Waals surface area (Å²) in [6.07, 6.45) is 2.82. The zero-order chi connectivity index (χ0) is 12.2. The van der Waals surface area contributed by atoms with Gasteiger partial charge in [-0.3, -0.25) is 0 Å². The number of nitrogens with zero attached hydrogens (tertiary/aromatic N) is 1. The molecule has 0 aliphatic rings. The Labute approximate surface area is 98.5 Å². The van der Waals surface area contributed by atoms with Crippen molar-refractivity contribution in [1.29, 1.82) is 0 Å². The molecule has 0 saturated carbocycles. The van der Waals surface area contributed by atoms with E-state index >= 15 is 0 Å². The molecule has 90 valence electrons. The van der Waals surface area contributed by atoms with Crippen LogP contribution < -0.4 is 11.1 Å². The fourth-order valence-corrected chi connectivity index (χ4v) is 1.73. The standard InChI is InChI=1S/C13H23N3/c1-10-5-6-15-12(7-10)16-9-11(14)8-13(2,3)4/h5-7,11H,8-9,14H2,1-4H3,(H,15,16). The van der Waals surface area contributed by atoms with Crippen LogP contribution in [0.15, 0.2) is 18.3 Å². The Hall–Kier alpha value is -1.09. The fraction of sp³-hybridized carbons (Fsp3) is 0.615. The van der Waals surface area contributed by atoms with E-state index in [1.807, 2.05) is 18.3 Å². The van der Waals surface area contributed by atoms with Gasteiger partial charge in [0.25, 0.3) is 0 Å². The van der Waals surface area contributed by atoms with E-state index in [4.69, 9.17) is 5.73 Å². The van der Waals surface area contributed by atoms with E-state index in [0.717, 1.165) is 18.8 Å². The first-order chi connectivity index (χ1) is 7.37. The van der Waals surface area contributed by atoms with Gasteiger partial charge in [0.1, 0.15) is 5.82 Å². The molecule has 3 N–H and O–H groups in total. The van der Waals surface area contributed by atoms with Gasteiger partial charge < -0.3 is 11.1 Å². The molecule has 0 amide bonds. The minimum atomic E-state index is 0.169.